The van der Waals surface area contributed by atoms with Gasteiger partial charge in [-0.15, -0.1) is 0 Å². The van der Waals surface area contributed by atoms with Gasteiger partial charge in [-0.3, -0.25) is 4.79 Å². The van der Waals surface area contributed by atoms with Crippen molar-refractivity contribution < 1.29 is 22.3 Å². The molecular formula is C21H25FO4S. The number of sulfone groups is 1. The van der Waals surface area contributed by atoms with E-state index in [1.54, 1.807) is 42.5 Å². The first-order chi connectivity index (χ1) is 12.7. The van der Waals surface area contributed by atoms with Gasteiger partial charge < -0.3 is 4.74 Å². The van der Waals surface area contributed by atoms with Crippen LogP contribution in [0.5, 0.6) is 0 Å². The zero-order chi connectivity index (χ0) is 20.0. The first-order valence-corrected chi connectivity index (χ1v) is 10.6. The largest absolute Gasteiger partial charge is 0.465 e. The molecule has 0 spiro atoms. The highest BCUT2D eigenvalue weighted by Gasteiger charge is 2.26. The van der Waals surface area contributed by atoms with E-state index >= 15 is 0 Å². The van der Waals surface area contributed by atoms with E-state index in [1.807, 2.05) is 13.8 Å². The Labute approximate surface area is 160 Å². The number of carbonyl (C=O) groups excluding carboxylic acids is 1. The fourth-order valence-corrected chi connectivity index (χ4v) is 3.81. The van der Waals surface area contributed by atoms with Crippen molar-refractivity contribution in [2.75, 3.05) is 12.4 Å². The van der Waals surface area contributed by atoms with Crippen molar-refractivity contribution >= 4 is 15.8 Å². The second-order valence-electron chi connectivity index (χ2n) is 6.95. The van der Waals surface area contributed by atoms with Crippen molar-refractivity contribution in [3.63, 3.8) is 0 Å². The molecule has 1 unspecified atom stereocenters. The molecule has 0 saturated carbocycles. The topological polar surface area (TPSA) is 60.4 Å². The van der Waals surface area contributed by atoms with E-state index < -0.39 is 26.8 Å². The molecule has 0 aliphatic rings. The average molecular weight is 392 g/mol. The van der Waals surface area contributed by atoms with Crippen molar-refractivity contribution in [3.05, 3.63) is 59.9 Å². The zero-order valence-electron chi connectivity index (χ0n) is 15.8. The van der Waals surface area contributed by atoms with Crippen LogP contribution in [0.2, 0.25) is 0 Å². The Morgan fingerprint density at radius 3 is 2.26 bits per heavy atom. The standard InChI is InChI=1S/C21H25FO4S/c1-15(2)12-13-26-21(23)14-27(24,25)16(3)17-8-10-18(11-9-17)19-6-4-5-7-20(19)22/h4-11,15-16H,12-14H2,1-3H3. The molecule has 146 valence electrons. The summed E-state index contributed by atoms with van der Waals surface area (Å²) in [5.41, 5.74) is 1.66. The lowest BCUT2D eigenvalue weighted by molar-refractivity contribution is -0.140. The number of benzene rings is 2. The summed E-state index contributed by atoms with van der Waals surface area (Å²) in [5, 5.41) is -0.857. The Balaban J connectivity index is 2.06. The molecule has 27 heavy (non-hydrogen) atoms. The summed E-state index contributed by atoms with van der Waals surface area (Å²) in [7, 11) is -3.70. The molecule has 0 heterocycles. The van der Waals surface area contributed by atoms with Gasteiger partial charge in [-0.2, -0.15) is 0 Å². The Morgan fingerprint density at radius 2 is 1.67 bits per heavy atom. The molecule has 0 bridgehead atoms. The maximum atomic E-state index is 13.9. The van der Waals surface area contributed by atoms with Crippen molar-refractivity contribution in [1.29, 1.82) is 0 Å². The number of esters is 1. The lowest BCUT2D eigenvalue weighted by Crippen LogP contribution is -2.23. The Hall–Kier alpha value is -2.21. The number of ether oxygens (including phenoxy) is 1. The predicted octanol–water partition coefficient (Wildman–Crippen LogP) is 4.56. The van der Waals surface area contributed by atoms with Gasteiger partial charge in [0.2, 0.25) is 0 Å². The minimum absolute atomic E-state index is 0.220. The second kappa shape index (κ2) is 9.13. The predicted molar refractivity (Wildman–Crippen MR) is 104 cm³/mol. The molecule has 0 radical (unpaired) electrons. The number of carbonyl (C=O) groups is 1. The van der Waals surface area contributed by atoms with E-state index in [0.717, 1.165) is 0 Å². The molecule has 0 saturated heterocycles. The maximum Gasteiger partial charge on any atom is 0.321 e. The molecule has 1 atom stereocenters. The normalized spacial score (nSPS) is 12.8. The quantitative estimate of drug-likeness (QED) is 0.618. The van der Waals surface area contributed by atoms with Crippen LogP contribution >= 0.6 is 0 Å². The van der Waals surface area contributed by atoms with Gasteiger partial charge in [0.05, 0.1) is 11.9 Å². The van der Waals surface area contributed by atoms with Crippen LogP contribution in [0.25, 0.3) is 11.1 Å². The monoisotopic (exact) mass is 392 g/mol. The van der Waals surface area contributed by atoms with Gasteiger partial charge in [0.1, 0.15) is 11.6 Å². The number of halogens is 1. The van der Waals surface area contributed by atoms with Crippen molar-refractivity contribution in [2.45, 2.75) is 32.4 Å². The van der Waals surface area contributed by atoms with Crippen LogP contribution in [0.1, 0.15) is 38.0 Å². The van der Waals surface area contributed by atoms with E-state index in [0.29, 0.717) is 29.0 Å². The SMILES string of the molecule is CC(C)CCOC(=O)CS(=O)(=O)C(C)c1ccc(-c2ccccc2F)cc1. The third-order valence-corrected chi connectivity index (χ3v) is 6.37. The fraction of sp³-hybridized carbons (Fsp3) is 0.381. The summed E-state index contributed by atoms with van der Waals surface area (Å²) >= 11 is 0. The molecule has 2 aromatic rings. The first-order valence-electron chi connectivity index (χ1n) is 8.92. The van der Waals surface area contributed by atoms with Crippen molar-refractivity contribution in [1.82, 2.24) is 0 Å². The third-order valence-electron chi connectivity index (χ3n) is 4.38. The van der Waals surface area contributed by atoms with Crippen LogP contribution in [-0.2, 0) is 19.4 Å². The van der Waals surface area contributed by atoms with Crippen LogP contribution in [0.4, 0.5) is 4.39 Å². The highest BCUT2D eigenvalue weighted by molar-refractivity contribution is 7.92. The lowest BCUT2D eigenvalue weighted by Gasteiger charge is -2.14. The smallest absolute Gasteiger partial charge is 0.321 e. The Morgan fingerprint density at radius 1 is 1.04 bits per heavy atom. The fourth-order valence-electron chi connectivity index (χ4n) is 2.58. The highest BCUT2D eigenvalue weighted by Crippen LogP contribution is 2.27. The lowest BCUT2D eigenvalue weighted by atomic mass is 10.0. The van der Waals surface area contributed by atoms with Crippen LogP contribution < -0.4 is 0 Å². The van der Waals surface area contributed by atoms with Gasteiger partial charge in [-0.1, -0.05) is 56.3 Å². The Bertz CT molecular complexity index is 873. The third kappa shape index (κ3) is 5.89. The first kappa shape index (κ1) is 21.1. The summed E-state index contributed by atoms with van der Waals surface area (Å²) < 4.78 is 43.8. The summed E-state index contributed by atoms with van der Waals surface area (Å²) in [6, 6.07) is 13.1. The van der Waals surface area contributed by atoms with Crippen LogP contribution in [-0.4, -0.2) is 26.7 Å². The average Bonchev–Trinajstić information content (AvgIpc) is 2.61. The van der Waals surface area contributed by atoms with Crippen molar-refractivity contribution in [3.8, 4) is 11.1 Å². The van der Waals surface area contributed by atoms with Gasteiger partial charge in [-0.05, 0) is 36.5 Å². The van der Waals surface area contributed by atoms with E-state index in [9.17, 15) is 17.6 Å². The summed E-state index contributed by atoms with van der Waals surface area (Å²) in [6.07, 6.45) is 0.693. The molecule has 0 N–H and O–H groups in total. The van der Waals surface area contributed by atoms with Gasteiger partial charge in [0, 0.05) is 5.56 Å². The van der Waals surface area contributed by atoms with E-state index in [1.165, 1.54) is 13.0 Å². The van der Waals surface area contributed by atoms with Gasteiger partial charge in [0.15, 0.2) is 9.84 Å². The molecular weight excluding hydrogens is 367 g/mol. The molecule has 0 fully saturated rings. The van der Waals surface area contributed by atoms with Crippen LogP contribution in [0.15, 0.2) is 48.5 Å². The Kier molecular flexibility index (Phi) is 7.13. The maximum absolute atomic E-state index is 13.9. The minimum atomic E-state index is -3.70. The second-order valence-corrected chi connectivity index (χ2v) is 9.28. The zero-order valence-corrected chi connectivity index (χ0v) is 16.6. The van der Waals surface area contributed by atoms with Crippen LogP contribution in [0.3, 0.4) is 0 Å². The van der Waals surface area contributed by atoms with E-state index in [2.05, 4.69) is 0 Å². The number of rotatable bonds is 8. The molecule has 0 aromatic heterocycles. The molecule has 6 heteroatoms. The molecule has 4 nitrogen and oxygen atoms in total. The summed E-state index contributed by atoms with van der Waals surface area (Å²) in [6.45, 7) is 5.75. The van der Waals surface area contributed by atoms with Gasteiger partial charge in [-0.25, -0.2) is 12.8 Å². The molecule has 2 aromatic carbocycles. The summed E-state index contributed by atoms with van der Waals surface area (Å²) in [5.74, 6) is -1.34. The molecule has 0 aliphatic heterocycles. The van der Waals surface area contributed by atoms with Gasteiger partial charge >= 0.3 is 5.97 Å². The minimum Gasteiger partial charge on any atom is -0.465 e. The van der Waals surface area contributed by atoms with E-state index in [-0.39, 0.29) is 12.4 Å². The molecule has 0 aliphatic carbocycles. The molecule has 0 amide bonds. The number of hydrogen-bond acceptors (Lipinski definition) is 4. The van der Waals surface area contributed by atoms with Crippen LogP contribution in [0, 0.1) is 11.7 Å². The molecule has 2 rings (SSSR count). The summed E-state index contributed by atoms with van der Waals surface area (Å²) in [4.78, 5) is 11.8. The van der Waals surface area contributed by atoms with Gasteiger partial charge in [0.25, 0.3) is 0 Å². The van der Waals surface area contributed by atoms with Crippen molar-refractivity contribution in [2.24, 2.45) is 5.92 Å². The highest BCUT2D eigenvalue weighted by atomic mass is 32.2. The van der Waals surface area contributed by atoms with E-state index in [4.69, 9.17) is 4.74 Å². The number of hydrogen-bond donors (Lipinski definition) is 0.